The molecule has 0 spiro atoms. The molecule has 0 radical (unpaired) electrons. The Balaban J connectivity index is 2.99. The van der Waals surface area contributed by atoms with Gasteiger partial charge in [0.25, 0.3) is 0 Å². The number of hydroxylamine groups is 2. The number of methoxy groups -OCH3 is 2. The van der Waals surface area contributed by atoms with Crippen LogP contribution in [0.2, 0.25) is 0 Å². The first-order valence-corrected chi connectivity index (χ1v) is 6.32. The first-order valence-electron chi connectivity index (χ1n) is 5.24. The zero-order chi connectivity index (χ0) is 13.7. The van der Waals surface area contributed by atoms with Crippen LogP contribution in [-0.2, 0) is 16.1 Å². The maximum absolute atomic E-state index is 11.8. The lowest BCUT2D eigenvalue weighted by Crippen LogP contribution is -2.27. The second-order valence-corrected chi connectivity index (χ2v) is 4.71. The average molecular weight is 365 g/mol. The summed E-state index contributed by atoms with van der Waals surface area (Å²) in [6.45, 7) is 0. The molecule has 0 unspecified atom stereocenters. The topological polar surface area (TPSA) is 48.0 Å². The van der Waals surface area contributed by atoms with Crippen molar-refractivity contribution in [2.24, 2.45) is 0 Å². The molecule has 1 aromatic rings. The zero-order valence-electron chi connectivity index (χ0n) is 10.8. The first-order chi connectivity index (χ1) is 8.53. The minimum atomic E-state index is -0.123. The normalized spacial score (nSPS) is 10.1. The lowest BCUT2D eigenvalue weighted by Gasteiger charge is -2.15. The van der Waals surface area contributed by atoms with Gasteiger partial charge in [0.15, 0.2) is 11.5 Å². The molecule has 0 saturated heterocycles. The van der Waals surface area contributed by atoms with Crippen molar-refractivity contribution < 1.29 is 19.1 Å². The summed E-state index contributed by atoms with van der Waals surface area (Å²) in [5, 5.41) is 1.20. The predicted octanol–water partition coefficient (Wildman–Crippen LogP) is 1.87. The van der Waals surface area contributed by atoms with Gasteiger partial charge in [-0.1, -0.05) is 0 Å². The van der Waals surface area contributed by atoms with Gasteiger partial charge in [-0.3, -0.25) is 9.63 Å². The van der Waals surface area contributed by atoms with E-state index in [-0.39, 0.29) is 12.3 Å². The average Bonchev–Trinajstić information content (AvgIpc) is 2.39. The highest BCUT2D eigenvalue weighted by Crippen LogP contribution is 2.31. The van der Waals surface area contributed by atoms with Gasteiger partial charge in [-0.25, -0.2) is 5.06 Å². The number of carbonyl (C=O) groups excluding carboxylic acids is 1. The van der Waals surface area contributed by atoms with Gasteiger partial charge in [0.05, 0.1) is 27.8 Å². The number of hydrogen-bond donors (Lipinski definition) is 0. The summed E-state index contributed by atoms with van der Waals surface area (Å²) in [7, 11) is 6.18. The fraction of sp³-hybridized carbons (Fsp3) is 0.417. The molecule has 0 aliphatic heterocycles. The number of ether oxygens (including phenoxy) is 2. The fourth-order valence-corrected chi connectivity index (χ4v) is 2.04. The summed E-state index contributed by atoms with van der Waals surface area (Å²) in [5.74, 6) is 1.14. The molecule has 0 saturated carbocycles. The van der Waals surface area contributed by atoms with E-state index in [0.29, 0.717) is 11.5 Å². The number of carbonyl (C=O) groups is 1. The van der Waals surface area contributed by atoms with E-state index >= 15 is 0 Å². The predicted molar refractivity (Wildman–Crippen MR) is 75.7 cm³/mol. The summed E-state index contributed by atoms with van der Waals surface area (Å²) >= 11 is 2.16. The smallest absolute Gasteiger partial charge is 0.250 e. The lowest BCUT2D eigenvalue weighted by atomic mass is 10.1. The molecule has 0 fully saturated rings. The number of halogens is 1. The molecule has 1 amide bonds. The summed E-state index contributed by atoms with van der Waals surface area (Å²) in [6.07, 6.45) is 0.253. The van der Waals surface area contributed by atoms with Crippen molar-refractivity contribution in [2.75, 3.05) is 28.4 Å². The van der Waals surface area contributed by atoms with Gasteiger partial charge >= 0.3 is 0 Å². The summed E-state index contributed by atoms with van der Waals surface area (Å²) in [5.41, 5.74) is 0.877. The molecule has 18 heavy (non-hydrogen) atoms. The van der Waals surface area contributed by atoms with E-state index in [2.05, 4.69) is 22.6 Å². The molecule has 0 aliphatic carbocycles. The molecular weight excluding hydrogens is 349 g/mol. The third-order valence-electron chi connectivity index (χ3n) is 2.52. The number of nitrogens with zero attached hydrogens (tertiary/aromatic N) is 1. The molecule has 0 aliphatic rings. The Labute approximate surface area is 120 Å². The van der Waals surface area contributed by atoms with Crippen molar-refractivity contribution in [2.45, 2.75) is 6.42 Å². The van der Waals surface area contributed by atoms with Gasteiger partial charge in [0, 0.05) is 10.6 Å². The minimum Gasteiger partial charge on any atom is -0.493 e. The van der Waals surface area contributed by atoms with Crippen LogP contribution in [0.15, 0.2) is 12.1 Å². The standard InChI is InChI=1S/C12H16INO4/c1-14(18-4)12(15)6-8-5-10(16-2)11(17-3)7-9(8)13/h5,7H,6H2,1-4H3. The van der Waals surface area contributed by atoms with Crippen molar-refractivity contribution in [1.82, 2.24) is 5.06 Å². The van der Waals surface area contributed by atoms with E-state index in [9.17, 15) is 4.79 Å². The second-order valence-electron chi connectivity index (χ2n) is 3.55. The van der Waals surface area contributed by atoms with Crippen LogP contribution in [-0.4, -0.2) is 39.3 Å². The molecule has 0 atom stereocenters. The molecule has 0 heterocycles. The Morgan fingerprint density at radius 1 is 1.22 bits per heavy atom. The van der Waals surface area contributed by atoms with Gasteiger partial charge in [-0.2, -0.15) is 0 Å². The van der Waals surface area contributed by atoms with Crippen LogP contribution in [0.25, 0.3) is 0 Å². The van der Waals surface area contributed by atoms with Crippen molar-refractivity contribution in [3.05, 3.63) is 21.3 Å². The van der Waals surface area contributed by atoms with Crippen LogP contribution in [0.1, 0.15) is 5.56 Å². The molecule has 5 nitrogen and oxygen atoms in total. The highest BCUT2D eigenvalue weighted by Gasteiger charge is 2.15. The Bertz CT molecular complexity index is 436. The third-order valence-corrected chi connectivity index (χ3v) is 3.52. The molecule has 1 rings (SSSR count). The Morgan fingerprint density at radius 2 is 1.78 bits per heavy atom. The maximum Gasteiger partial charge on any atom is 0.250 e. The van der Waals surface area contributed by atoms with Crippen LogP contribution < -0.4 is 9.47 Å². The van der Waals surface area contributed by atoms with Crippen LogP contribution in [0, 0.1) is 3.57 Å². The number of hydrogen-bond acceptors (Lipinski definition) is 4. The van der Waals surface area contributed by atoms with Gasteiger partial charge in [-0.15, -0.1) is 0 Å². The maximum atomic E-state index is 11.8. The largest absolute Gasteiger partial charge is 0.493 e. The van der Waals surface area contributed by atoms with E-state index in [4.69, 9.17) is 14.3 Å². The van der Waals surface area contributed by atoms with Gasteiger partial charge in [-0.05, 0) is 40.3 Å². The summed E-state index contributed by atoms with van der Waals surface area (Å²) < 4.78 is 11.4. The first kappa shape index (κ1) is 15.0. The highest BCUT2D eigenvalue weighted by atomic mass is 127. The monoisotopic (exact) mass is 365 g/mol. The van der Waals surface area contributed by atoms with Crippen LogP contribution in [0.3, 0.4) is 0 Å². The number of rotatable bonds is 5. The van der Waals surface area contributed by atoms with E-state index in [1.54, 1.807) is 21.3 Å². The van der Waals surface area contributed by atoms with Crippen molar-refractivity contribution in [1.29, 1.82) is 0 Å². The quantitative estimate of drug-likeness (QED) is 0.591. The van der Waals surface area contributed by atoms with Gasteiger partial charge < -0.3 is 9.47 Å². The van der Waals surface area contributed by atoms with E-state index < -0.39 is 0 Å². The van der Waals surface area contributed by atoms with Gasteiger partial charge in [0.1, 0.15) is 0 Å². The summed E-state index contributed by atoms with van der Waals surface area (Å²) in [4.78, 5) is 16.6. The molecule has 0 bridgehead atoms. The Morgan fingerprint density at radius 3 is 2.28 bits per heavy atom. The molecule has 100 valence electrons. The number of amides is 1. The summed E-state index contributed by atoms with van der Waals surface area (Å²) in [6, 6.07) is 3.65. The van der Waals surface area contributed by atoms with Crippen LogP contribution in [0.4, 0.5) is 0 Å². The van der Waals surface area contributed by atoms with Crippen molar-refractivity contribution >= 4 is 28.5 Å². The number of benzene rings is 1. The Hall–Kier alpha value is -1.02. The van der Waals surface area contributed by atoms with E-state index in [1.807, 2.05) is 12.1 Å². The van der Waals surface area contributed by atoms with Crippen LogP contribution >= 0.6 is 22.6 Å². The number of likely N-dealkylation sites (N-methyl/N-ethyl adjacent to an activating group) is 1. The van der Waals surface area contributed by atoms with Crippen molar-refractivity contribution in [3.63, 3.8) is 0 Å². The van der Waals surface area contributed by atoms with Crippen molar-refractivity contribution in [3.8, 4) is 11.5 Å². The Kier molecular flexibility index (Phi) is 5.67. The SMILES string of the molecule is COc1cc(I)c(CC(=O)N(C)OC)cc1OC. The van der Waals surface area contributed by atoms with Crippen LogP contribution in [0.5, 0.6) is 11.5 Å². The second kappa shape index (κ2) is 6.79. The minimum absolute atomic E-state index is 0.123. The fourth-order valence-electron chi connectivity index (χ4n) is 1.41. The van der Waals surface area contributed by atoms with E-state index in [0.717, 1.165) is 9.13 Å². The van der Waals surface area contributed by atoms with Gasteiger partial charge in [0.2, 0.25) is 5.91 Å². The zero-order valence-corrected chi connectivity index (χ0v) is 13.0. The van der Waals surface area contributed by atoms with E-state index in [1.165, 1.54) is 12.2 Å². The molecule has 0 N–H and O–H groups in total. The molecule has 0 aromatic heterocycles. The third kappa shape index (κ3) is 3.49. The molecule has 1 aromatic carbocycles. The molecular formula is C12H16INO4. The molecule has 6 heteroatoms. The lowest BCUT2D eigenvalue weighted by molar-refractivity contribution is -0.167. The highest BCUT2D eigenvalue weighted by molar-refractivity contribution is 14.1.